The molecule has 1 fully saturated rings. The van der Waals surface area contributed by atoms with Gasteiger partial charge in [0, 0.05) is 13.1 Å². The number of carbonyl (C=O) groups is 1. The minimum absolute atomic E-state index is 0.0156. The molecule has 0 unspecified atom stereocenters. The maximum absolute atomic E-state index is 10.2. The van der Waals surface area contributed by atoms with E-state index in [4.69, 9.17) is 21.1 Å². The third-order valence-electron chi connectivity index (χ3n) is 2.44. The van der Waals surface area contributed by atoms with E-state index in [0.29, 0.717) is 25.2 Å². The predicted octanol–water partition coefficient (Wildman–Crippen LogP) is 1.15. The second-order valence-corrected chi connectivity index (χ2v) is 3.89. The van der Waals surface area contributed by atoms with Crippen LogP contribution in [0.2, 0.25) is 5.15 Å². The number of ether oxygens (including phenoxy) is 2. The van der Waals surface area contributed by atoms with Crippen LogP contribution in [0.3, 0.4) is 0 Å². The number of aromatic nitrogens is 1. The average molecular weight is 257 g/mol. The Hall–Kier alpha value is -1.33. The van der Waals surface area contributed by atoms with Gasteiger partial charge in [-0.25, -0.2) is 4.98 Å². The molecule has 2 rings (SSSR count). The van der Waals surface area contributed by atoms with Crippen LogP contribution in [0.25, 0.3) is 0 Å². The van der Waals surface area contributed by atoms with Crippen molar-refractivity contribution in [3.8, 4) is 5.75 Å². The molecule has 0 aliphatic carbocycles. The van der Waals surface area contributed by atoms with E-state index in [0.717, 1.165) is 18.9 Å². The molecule has 17 heavy (non-hydrogen) atoms. The third kappa shape index (κ3) is 3.08. The second kappa shape index (κ2) is 5.84. The van der Waals surface area contributed by atoms with Crippen molar-refractivity contribution in [1.29, 1.82) is 0 Å². The van der Waals surface area contributed by atoms with Crippen LogP contribution in [-0.4, -0.2) is 44.2 Å². The summed E-state index contributed by atoms with van der Waals surface area (Å²) in [7, 11) is 0. The molecule has 0 aromatic carbocycles. The topological polar surface area (TPSA) is 51.7 Å². The van der Waals surface area contributed by atoms with Gasteiger partial charge in [0.15, 0.2) is 17.2 Å². The number of anilines is 1. The van der Waals surface area contributed by atoms with Crippen molar-refractivity contribution < 1.29 is 14.3 Å². The van der Waals surface area contributed by atoms with Gasteiger partial charge in [-0.15, -0.1) is 0 Å². The maximum Gasteiger partial charge on any atom is 0.173 e. The van der Waals surface area contributed by atoms with Crippen molar-refractivity contribution in [3.63, 3.8) is 0 Å². The molecule has 0 spiro atoms. The van der Waals surface area contributed by atoms with E-state index >= 15 is 0 Å². The van der Waals surface area contributed by atoms with Crippen LogP contribution in [0.5, 0.6) is 5.75 Å². The van der Waals surface area contributed by atoms with Gasteiger partial charge in [-0.1, -0.05) is 11.6 Å². The van der Waals surface area contributed by atoms with Gasteiger partial charge in [0.1, 0.15) is 12.4 Å². The summed E-state index contributed by atoms with van der Waals surface area (Å²) in [6.07, 6.45) is 0.673. The average Bonchev–Trinajstić information content (AvgIpc) is 2.38. The van der Waals surface area contributed by atoms with Gasteiger partial charge in [0.25, 0.3) is 0 Å². The molecule has 0 saturated carbocycles. The van der Waals surface area contributed by atoms with Crippen LogP contribution in [0, 0.1) is 0 Å². The summed E-state index contributed by atoms with van der Waals surface area (Å²) in [5.41, 5.74) is 0. The molecule has 5 nitrogen and oxygen atoms in total. The normalized spacial score (nSPS) is 15.7. The maximum atomic E-state index is 10.2. The summed E-state index contributed by atoms with van der Waals surface area (Å²) in [6, 6.07) is 3.56. The smallest absolute Gasteiger partial charge is 0.173 e. The Labute approximate surface area is 104 Å². The predicted molar refractivity (Wildman–Crippen MR) is 63.8 cm³/mol. The molecule has 1 aliphatic rings. The lowest BCUT2D eigenvalue weighted by atomic mass is 10.3. The lowest BCUT2D eigenvalue weighted by Gasteiger charge is -2.27. The van der Waals surface area contributed by atoms with Gasteiger partial charge in [-0.2, -0.15) is 0 Å². The number of carbonyl (C=O) groups excluding carboxylic acids is 1. The van der Waals surface area contributed by atoms with E-state index in [1.165, 1.54) is 0 Å². The van der Waals surface area contributed by atoms with Crippen molar-refractivity contribution in [2.75, 3.05) is 37.8 Å². The fraction of sp³-hybridized carbons (Fsp3) is 0.455. The van der Waals surface area contributed by atoms with Crippen LogP contribution in [-0.2, 0) is 9.53 Å². The van der Waals surface area contributed by atoms with Gasteiger partial charge >= 0.3 is 0 Å². The quantitative estimate of drug-likeness (QED) is 0.598. The molecular weight excluding hydrogens is 244 g/mol. The summed E-state index contributed by atoms with van der Waals surface area (Å²) in [6.45, 7) is 2.99. The Morgan fingerprint density at radius 3 is 2.88 bits per heavy atom. The van der Waals surface area contributed by atoms with Crippen molar-refractivity contribution >= 4 is 23.7 Å². The van der Waals surface area contributed by atoms with Gasteiger partial charge in [0.2, 0.25) is 0 Å². The van der Waals surface area contributed by atoms with Crippen LogP contribution < -0.4 is 9.64 Å². The van der Waals surface area contributed by atoms with Gasteiger partial charge in [-0.05, 0) is 12.1 Å². The number of halogens is 1. The highest BCUT2D eigenvalue weighted by Gasteiger charge is 2.14. The molecule has 0 bridgehead atoms. The highest BCUT2D eigenvalue weighted by molar-refractivity contribution is 6.30. The summed E-state index contributed by atoms with van der Waals surface area (Å²) >= 11 is 5.97. The van der Waals surface area contributed by atoms with Gasteiger partial charge in [0.05, 0.1) is 13.2 Å². The molecule has 1 aliphatic heterocycles. The number of rotatable bonds is 4. The Morgan fingerprint density at radius 1 is 1.47 bits per heavy atom. The lowest BCUT2D eigenvalue weighted by Crippen LogP contribution is -2.36. The number of pyridine rings is 1. The molecule has 2 heterocycles. The molecule has 0 amide bonds. The van der Waals surface area contributed by atoms with Crippen LogP contribution in [0.15, 0.2) is 12.1 Å². The molecule has 1 aromatic rings. The number of hydrogen-bond acceptors (Lipinski definition) is 5. The third-order valence-corrected chi connectivity index (χ3v) is 2.71. The Bertz CT molecular complexity index is 394. The van der Waals surface area contributed by atoms with E-state index in [2.05, 4.69) is 9.88 Å². The highest BCUT2D eigenvalue weighted by atomic mass is 35.5. The first-order chi connectivity index (χ1) is 8.31. The summed E-state index contributed by atoms with van der Waals surface area (Å²) < 4.78 is 10.4. The number of nitrogens with zero attached hydrogens (tertiary/aromatic N) is 2. The van der Waals surface area contributed by atoms with E-state index in [-0.39, 0.29) is 11.8 Å². The zero-order chi connectivity index (χ0) is 12.1. The minimum atomic E-state index is -0.0156. The molecule has 0 radical (unpaired) electrons. The first-order valence-electron chi connectivity index (χ1n) is 5.37. The van der Waals surface area contributed by atoms with E-state index < -0.39 is 0 Å². The van der Waals surface area contributed by atoms with Crippen molar-refractivity contribution in [3.05, 3.63) is 17.3 Å². The fourth-order valence-electron chi connectivity index (χ4n) is 1.61. The standard InChI is InChI=1S/C11H13ClN2O3/c12-11-9(17-8-5-15)1-2-10(13-11)14-3-6-16-7-4-14/h1-2,5H,3-4,6-8H2. The Balaban J connectivity index is 2.09. The molecule has 6 heteroatoms. The first kappa shape index (κ1) is 12.1. The second-order valence-electron chi connectivity index (χ2n) is 3.54. The number of aldehydes is 1. The Morgan fingerprint density at radius 2 is 2.24 bits per heavy atom. The molecule has 0 atom stereocenters. The Kier molecular flexibility index (Phi) is 4.17. The SMILES string of the molecule is O=CCOc1ccc(N2CCOCC2)nc1Cl. The van der Waals surface area contributed by atoms with E-state index in [9.17, 15) is 4.79 Å². The van der Waals surface area contributed by atoms with Gasteiger partial charge < -0.3 is 14.4 Å². The fourth-order valence-corrected chi connectivity index (χ4v) is 1.82. The van der Waals surface area contributed by atoms with Crippen molar-refractivity contribution in [1.82, 2.24) is 4.98 Å². The molecule has 0 N–H and O–H groups in total. The highest BCUT2D eigenvalue weighted by Crippen LogP contribution is 2.25. The van der Waals surface area contributed by atoms with Crippen molar-refractivity contribution in [2.24, 2.45) is 0 Å². The molecule has 1 saturated heterocycles. The lowest BCUT2D eigenvalue weighted by molar-refractivity contribution is -0.109. The van der Waals surface area contributed by atoms with Gasteiger partial charge in [-0.3, -0.25) is 4.79 Å². The van der Waals surface area contributed by atoms with Crippen molar-refractivity contribution in [2.45, 2.75) is 0 Å². The zero-order valence-corrected chi connectivity index (χ0v) is 10.0. The first-order valence-corrected chi connectivity index (χ1v) is 5.75. The van der Waals surface area contributed by atoms with E-state index in [1.807, 2.05) is 6.07 Å². The largest absolute Gasteiger partial charge is 0.483 e. The number of hydrogen-bond donors (Lipinski definition) is 0. The van der Waals surface area contributed by atoms with E-state index in [1.54, 1.807) is 6.07 Å². The van der Waals surface area contributed by atoms with Crippen LogP contribution in [0.1, 0.15) is 0 Å². The molecular formula is C11H13ClN2O3. The summed E-state index contributed by atoms with van der Waals surface area (Å²) in [4.78, 5) is 16.5. The zero-order valence-electron chi connectivity index (χ0n) is 9.26. The monoisotopic (exact) mass is 256 g/mol. The minimum Gasteiger partial charge on any atom is -0.483 e. The summed E-state index contributed by atoms with van der Waals surface area (Å²) in [5, 5.41) is 0.274. The van der Waals surface area contributed by atoms with Crippen LogP contribution in [0.4, 0.5) is 5.82 Å². The molecule has 92 valence electrons. The van der Waals surface area contributed by atoms with Crippen LogP contribution >= 0.6 is 11.6 Å². The summed E-state index contributed by atoms with van der Waals surface area (Å²) in [5.74, 6) is 1.23. The molecule has 1 aromatic heterocycles. The number of morpholine rings is 1.